The molecular formula is C31H41NO2. The second-order valence-electron chi connectivity index (χ2n) is 9.45. The number of primary amides is 1. The predicted octanol–water partition coefficient (Wildman–Crippen LogP) is 6.86. The third-order valence-corrected chi connectivity index (χ3v) is 5.19. The van der Waals surface area contributed by atoms with Crippen LogP contribution >= 0.6 is 0 Å². The second kappa shape index (κ2) is 14.8. The highest BCUT2D eigenvalue weighted by Gasteiger charge is 2.06. The van der Waals surface area contributed by atoms with E-state index in [9.17, 15) is 9.59 Å². The minimum atomic E-state index is -0.365. The first-order chi connectivity index (χ1) is 15.7. The molecule has 0 aliphatic heterocycles. The largest absolute Gasteiger partial charge is 0.366 e. The first kappa shape index (κ1) is 28.8. The summed E-state index contributed by atoms with van der Waals surface area (Å²) in [5.74, 6) is 1.21. The molecule has 0 aliphatic carbocycles. The van der Waals surface area contributed by atoms with Crippen molar-refractivity contribution in [3.8, 4) is 0 Å². The SMILES string of the molecule is C.CC(C)Cc1ccc(C(N)=O)cc1.CC(C)Cc1ccc(CC(=O)Cc2ccccc2)cc1. The fourth-order valence-corrected chi connectivity index (χ4v) is 3.65. The average Bonchev–Trinajstić information content (AvgIpc) is 2.76. The zero-order valence-corrected chi connectivity index (χ0v) is 20.4. The maximum atomic E-state index is 12.0. The van der Waals surface area contributed by atoms with E-state index in [4.69, 9.17) is 5.73 Å². The number of rotatable bonds is 9. The van der Waals surface area contributed by atoms with E-state index < -0.39 is 0 Å². The minimum absolute atomic E-state index is 0. The smallest absolute Gasteiger partial charge is 0.248 e. The van der Waals surface area contributed by atoms with Crippen LogP contribution in [0.3, 0.4) is 0 Å². The number of Topliss-reactive ketones (excluding diaryl/α,β-unsaturated/α-hetero) is 1. The Labute approximate surface area is 206 Å². The molecule has 0 unspecified atom stereocenters. The van der Waals surface area contributed by atoms with Gasteiger partial charge in [0, 0.05) is 18.4 Å². The first-order valence-corrected chi connectivity index (χ1v) is 11.7. The van der Waals surface area contributed by atoms with Crippen molar-refractivity contribution in [3.05, 3.63) is 107 Å². The molecule has 2 N–H and O–H groups in total. The molecule has 0 bridgehead atoms. The fourth-order valence-electron chi connectivity index (χ4n) is 3.65. The van der Waals surface area contributed by atoms with E-state index in [1.54, 1.807) is 12.1 Å². The number of nitrogens with two attached hydrogens (primary N) is 1. The van der Waals surface area contributed by atoms with Gasteiger partial charge in [0.05, 0.1) is 0 Å². The summed E-state index contributed by atoms with van der Waals surface area (Å²) in [7, 11) is 0. The van der Waals surface area contributed by atoms with Crippen molar-refractivity contribution >= 4 is 11.7 Å². The number of ketones is 1. The molecule has 0 saturated carbocycles. The van der Waals surface area contributed by atoms with Crippen molar-refractivity contribution in [2.45, 2.75) is 60.8 Å². The van der Waals surface area contributed by atoms with Gasteiger partial charge < -0.3 is 5.73 Å². The van der Waals surface area contributed by atoms with Crippen LogP contribution in [0.2, 0.25) is 0 Å². The standard InChI is InChI=1S/C19H22O.C11H15NO.CH4/c1-15(2)12-17-8-10-18(11-9-17)14-19(20)13-16-6-4-3-5-7-16;1-8(2)7-9-3-5-10(6-4-9)11(12)13;/h3-11,15H,12-14H2,1-2H3;3-6,8H,7H2,1-2H3,(H2,12,13);1H4. The van der Waals surface area contributed by atoms with Crippen molar-refractivity contribution in [1.82, 2.24) is 0 Å². The molecule has 3 aromatic rings. The number of amides is 1. The topological polar surface area (TPSA) is 60.2 Å². The maximum Gasteiger partial charge on any atom is 0.248 e. The lowest BCUT2D eigenvalue weighted by atomic mass is 9.99. The Morgan fingerprint density at radius 3 is 1.41 bits per heavy atom. The quantitative estimate of drug-likeness (QED) is 0.380. The first-order valence-electron chi connectivity index (χ1n) is 11.7. The Morgan fingerprint density at radius 2 is 1.00 bits per heavy atom. The van der Waals surface area contributed by atoms with E-state index in [0.29, 0.717) is 30.2 Å². The van der Waals surface area contributed by atoms with Crippen LogP contribution in [0.25, 0.3) is 0 Å². The van der Waals surface area contributed by atoms with Crippen LogP contribution in [0.1, 0.15) is 67.7 Å². The molecular weight excluding hydrogens is 418 g/mol. The summed E-state index contributed by atoms with van der Waals surface area (Å²) >= 11 is 0. The van der Waals surface area contributed by atoms with Gasteiger partial charge in [0.15, 0.2) is 0 Å². The van der Waals surface area contributed by atoms with Crippen LogP contribution in [-0.2, 0) is 30.5 Å². The van der Waals surface area contributed by atoms with Crippen LogP contribution in [0.4, 0.5) is 0 Å². The lowest BCUT2D eigenvalue weighted by Crippen LogP contribution is -2.10. The molecule has 0 saturated heterocycles. The Balaban J connectivity index is 0.000000360. The Hall–Kier alpha value is -3.20. The summed E-state index contributed by atoms with van der Waals surface area (Å²) in [4.78, 5) is 22.8. The third kappa shape index (κ3) is 11.1. The molecule has 1 amide bonds. The molecule has 0 aromatic heterocycles. The number of hydrogen-bond acceptors (Lipinski definition) is 2. The van der Waals surface area contributed by atoms with Crippen molar-refractivity contribution in [1.29, 1.82) is 0 Å². The highest BCUT2D eigenvalue weighted by Crippen LogP contribution is 2.12. The highest BCUT2D eigenvalue weighted by atomic mass is 16.1. The zero-order valence-electron chi connectivity index (χ0n) is 20.4. The minimum Gasteiger partial charge on any atom is -0.366 e. The molecule has 3 rings (SSSR count). The van der Waals surface area contributed by atoms with Gasteiger partial charge in [0.25, 0.3) is 0 Å². The molecule has 0 fully saturated rings. The van der Waals surface area contributed by atoms with E-state index in [-0.39, 0.29) is 19.1 Å². The Bertz CT molecular complexity index is 988. The number of benzene rings is 3. The molecule has 34 heavy (non-hydrogen) atoms. The zero-order chi connectivity index (χ0) is 24.2. The van der Waals surface area contributed by atoms with E-state index in [2.05, 4.69) is 52.0 Å². The number of hydrogen-bond donors (Lipinski definition) is 1. The van der Waals surface area contributed by atoms with Crippen molar-refractivity contribution < 1.29 is 9.59 Å². The summed E-state index contributed by atoms with van der Waals surface area (Å²) in [5, 5.41) is 0. The summed E-state index contributed by atoms with van der Waals surface area (Å²) < 4.78 is 0. The van der Waals surface area contributed by atoms with Gasteiger partial charge in [-0.05, 0) is 59.1 Å². The summed E-state index contributed by atoms with van der Waals surface area (Å²) in [6.45, 7) is 8.78. The average molecular weight is 460 g/mol. The highest BCUT2D eigenvalue weighted by molar-refractivity contribution is 5.92. The van der Waals surface area contributed by atoms with E-state index in [1.807, 2.05) is 42.5 Å². The lowest BCUT2D eigenvalue weighted by molar-refractivity contribution is -0.117. The lowest BCUT2D eigenvalue weighted by Gasteiger charge is -2.06. The van der Waals surface area contributed by atoms with Crippen LogP contribution in [0.15, 0.2) is 78.9 Å². The van der Waals surface area contributed by atoms with Gasteiger partial charge >= 0.3 is 0 Å². The molecule has 0 spiro atoms. The summed E-state index contributed by atoms with van der Waals surface area (Å²) in [5.41, 5.74) is 10.5. The molecule has 0 aliphatic rings. The van der Waals surface area contributed by atoms with Gasteiger partial charge in [0.2, 0.25) is 5.91 Å². The van der Waals surface area contributed by atoms with E-state index >= 15 is 0 Å². The van der Waals surface area contributed by atoms with Crippen molar-refractivity contribution in [2.24, 2.45) is 17.6 Å². The molecule has 3 nitrogen and oxygen atoms in total. The van der Waals surface area contributed by atoms with Crippen molar-refractivity contribution in [2.75, 3.05) is 0 Å². The van der Waals surface area contributed by atoms with E-state index in [1.165, 1.54) is 11.1 Å². The molecule has 3 aromatic carbocycles. The van der Waals surface area contributed by atoms with Crippen LogP contribution in [-0.4, -0.2) is 11.7 Å². The predicted molar refractivity (Wildman–Crippen MR) is 144 cm³/mol. The summed E-state index contributed by atoms with van der Waals surface area (Å²) in [6.07, 6.45) is 3.18. The fraction of sp³-hybridized carbons (Fsp3) is 0.355. The van der Waals surface area contributed by atoms with Gasteiger partial charge in [-0.3, -0.25) is 9.59 Å². The second-order valence-corrected chi connectivity index (χ2v) is 9.45. The Morgan fingerprint density at radius 1 is 0.618 bits per heavy atom. The summed E-state index contributed by atoms with van der Waals surface area (Å²) in [6, 6.07) is 25.9. The van der Waals surface area contributed by atoms with Crippen LogP contribution in [0, 0.1) is 11.8 Å². The molecule has 0 atom stereocenters. The molecule has 3 heteroatoms. The monoisotopic (exact) mass is 459 g/mol. The molecule has 182 valence electrons. The van der Waals surface area contributed by atoms with Gasteiger partial charge in [-0.2, -0.15) is 0 Å². The van der Waals surface area contributed by atoms with Crippen LogP contribution < -0.4 is 5.73 Å². The number of carbonyl (C=O) groups is 2. The number of carbonyl (C=O) groups excluding carboxylic acids is 2. The van der Waals surface area contributed by atoms with E-state index in [0.717, 1.165) is 24.0 Å². The van der Waals surface area contributed by atoms with Gasteiger partial charge in [-0.25, -0.2) is 0 Å². The van der Waals surface area contributed by atoms with Crippen molar-refractivity contribution in [3.63, 3.8) is 0 Å². The van der Waals surface area contributed by atoms with Gasteiger partial charge in [-0.1, -0.05) is 102 Å². The molecule has 0 radical (unpaired) electrons. The maximum absolute atomic E-state index is 12.0. The third-order valence-electron chi connectivity index (χ3n) is 5.19. The van der Waals surface area contributed by atoms with Gasteiger partial charge in [-0.15, -0.1) is 0 Å². The molecule has 0 heterocycles. The normalized spacial score (nSPS) is 10.3. The van der Waals surface area contributed by atoms with Gasteiger partial charge in [0.1, 0.15) is 5.78 Å². The van der Waals surface area contributed by atoms with Crippen LogP contribution in [0.5, 0.6) is 0 Å². The Kier molecular flexibility index (Phi) is 12.6.